The molecular formula is C25H30F6N2O3. The minimum Gasteiger partial charge on any atom is -0.358 e. The van der Waals surface area contributed by atoms with Gasteiger partial charge in [-0.2, -0.15) is 26.3 Å². The molecule has 0 N–H and O–H groups in total. The van der Waals surface area contributed by atoms with Gasteiger partial charge < -0.3 is 9.47 Å². The molecule has 2 aromatic rings. The third kappa shape index (κ3) is 6.00. The molecule has 0 fully saturated rings. The molecule has 2 rings (SSSR count). The number of hydrogen-bond acceptors (Lipinski definition) is 4. The number of methoxy groups -OCH3 is 1. The van der Waals surface area contributed by atoms with Crippen LogP contribution in [0.15, 0.2) is 36.5 Å². The number of carbonyl (C=O) groups is 1. The van der Waals surface area contributed by atoms with Crippen molar-refractivity contribution in [1.29, 1.82) is 0 Å². The van der Waals surface area contributed by atoms with Crippen molar-refractivity contribution in [3.8, 4) is 0 Å². The summed E-state index contributed by atoms with van der Waals surface area (Å²) >= 11 is 0. The van der Waals surface area contributed by atoms with E-state index in [2.05, 4.69) is 9.72 Å². The molecule has 1 heterocycles. The maximum atomic E-state index is 14.0. The van der Waals surface area contributed by atoms with Gasteiger partial charge in [-0.15, -0.1) is 0 Å². The Kier molecular flexibility index (Phi) is 9.17. The number of aryl methyl sites for hydroxylation is 1. The van der Waals surface area contributed by atoms with Gasteiger partial charge in [0.15, 0.2) is 0 Å². The number of aromatic nitrogens is 1. The summed E-state index contributed by atoms with van der Waals surface area (Å²) in [6, 6.07) is 6.00. The van der Waals surface area contributed by atoms with Gasteiger partial charge in [0, 0.05) is 30.3 Å². The van der Waals surface area contributed by atoms with Crippen LogP contribution in [0.4, 0.5) is 32.0 Å². The lowest BCUT2D eigenvalue weighted by molar-refractivity contribution is -0.383. The van der Waals surface area contributed by atoms with Crippen LogP contribution < -0.4 is 4.90 Å². The predicted octanol–water partition coefficient (Wildman–Crippen LogP) is 6.58. The molecule has 0 atom stereocenters. The van der Waals surface area contributed by atoms with Crippen molar-refractivity contribution in [1.82, 2.24) is 4.98 Å². The van der Waals surface area contributed by atoms with Crippen LogP contribution in [0.2, 0.25) is 0 Å². The summed E-state index contributed by atoms with van der Waals surface area (Å²) in [5.41, 5.74) is -5.15. The molecule has 0 saturated carbocycles. The van der Waals surface area contributed by atoms with Gasteiger partial charge in [0.05, 0.1) is 11.7 Å². The van der Waals surface area contributed by atoms with Gasteiger partial charge in [0.1, 0.15) is 6.73 Å². The van der Waals surface area contributed by atoms with Crippen LogP contribution in [0.25, 0.3) is 0 Å². The van der Waals surface area contributed by atoms with Gasteiger partial charge in [-0.05, 0) is 62.9 Å². The molecule has 200 valence electrons. The molecule has 1 aromatic carbocycles. The van der Waals surface area contributed by atoms with Crippen molar-refractivity contribution in [2.45, 2.75) is 65.1 Å². The molecule has 0 aliphatic rings. The Bertz CT molecular complexity index is 1040. The SMILES string of the molecule is COC(c1ccc(N(COC(C)C)C(=O)c2cccnc2C)cc1CC(C)C)(C(F)(F)F)C(F)(F)F. The van der Waals surface area contributed by atoms with Crippen LogP contribution in [0, 0.1) is 12.8 Å². The zero-order chi connectivity index (χ0) is 27.5. The van der Waals surface area contributed by atoms with Crippen molar-refractivity contribution in [3.05, 3.63) is 58.9 Å². The lowest BCUT2D eigenvalue weighted by Gasteiger charge is -2.38. The fourth-order valence-corrected chi connectivity index (χ4v) is 3.84. The molecule has 0 spiro atoms. The number of benzene rings is 1. The van der Waals surface area contributed by atoms with Crippen LogP contribution in [0.1, 0.15) is 54.9 Å². The summed E-state index contributed by atoms with van der Waals surface area (Å²) in [6.45, 7) is 8.11. The second-order valence-electron chi connectivity index (χ2n) is 9.03. The maximum absolute atomic E-state index is 14.0. The van der Waals surface area contributed by atoms with Crippen LogP contribution in [-0.2, 0) is 21.5 Å². The monoisotopic (exact) mass is 520 g/mol. The summed E-state index contributed by atoms with van der Waals surface area (Å²) in [5, 5.41) is 0. The molecular weight excluding hydrogens is 490 g/mol. The van der Waals surface area contributed by atoms with E-state index in [1.54, 1.807) is 40.7 Å². The van der Waals surface area contributed by atoms with E-state index in [-0.39, 0.29) is 42.0 Å². The number of ether oxygens (including phenoxy) is 2. The largest absolute Gasteiger partial charge is 0.430 e. The molecule has 1 aromatic heterocycles. The van der Waals surface area contributed by atoms with E-state index < -0.39 is 29.4 Å². The first-order valence-corrected chi connectivity index (χ1v) is 11.2. The Labute approximate surface area is 206 Å². The summed E-state index contributed by atoms with van der Waals surface area (Å²) in [4.78, 5) is 18.6. The zero-order valence-corrected chi connectivity index (χ0v) is 20.9. The van der Waals surface area contributed by atoms with Crippen LogP contribution in [-0.4, -0.2) is 43.2 Å². The topological polar surface area (TPSA) is 51.7 Å². The van der Waals surface area contributed by atoms with Gasteiger partial charge in [-0.1, -0.05) is 19.9 Å². The first-order chi connectivity index (χ1) is 16.6. The highest BCUT2D eigenvalue weighted by molar-refractivity contribution is 6.06. The molecule has 0 aliphatic heterocycles. The second kappa shape index (κ2) is 11.2. The molecule has 1 amide bonds. The smallest absolute Gasteiger partial charge is 0.358 e. The van der Waals surface area contributed by atoms with E-state index in [1.165, 1.54) is 12.3 Å². The number of nitrogens with zero attached hydrogens (tertiary/aromatic N) is 2. The number of anilines is 1. The Morgan fingerprint density at radius 2 is 1.64 bits per heavy atom. The number of halogens is 6. The minimum absolute atomic E-state index is 0.0812. The van der Waals surface area contributed by atoms with Gasteiger partial charge in [0.2, 0.25) is 0 Å². The van der Waals surface area contributed by atoms with E-state index in [1.807, 2.05) is 0 Å². The van der Waals surface area contributed by atoms with Gasteiger partial charge >= 0.3 is 12.4 Å². The Hall–Kier alpha value is -2.66. The van der Waals surface area contributed by atoms with Crippen LogP contribution >= 0.6 is 0 Å². The van der Waals surface area contributed by atoms with Gasteiger partial charge in [0.25, 0.3) is 11.5 Å². The average molecular weight is 521 g/mol. The normalized spacial score (nSPS) is 12.9. The Balaban J connectivity index is 2.77. The lowest BCUT2D eigenvalue weighted by Crippen LogP contribution is -2.56. The van der Waals surface area contributed by atoms with Crippen molar-refractivity contribution in [2.24, 2.45) is 5.92 Å². The van der Waals surface area contributed by atoms with Gasteiger partial charge in [-0.3, -0.25) is 14.7 Å². The zero-order valence-electron chi connectivity index (χ0n) is 20.9. The van der Waals surface area contributed by atoms with Crippen LogP contribution in [0.5, 0.6) is 0 Å². The third-order valence-electron chi connectivity index (χ3n) is 5.53. The molecule has 11 heteroatoms. The third-order valence-corrected chi connectivity index (χ3v) is 5.53. The Morgan fingerprint density at radius 1 is 1.03 bits per heavy atom. The summed E-state index contributed by atoms with van der Waals surface area (Å²) in [5.74, 6) is -0.860. The number of alkyl halides is 6. The average Bonchev–Trinajstić information content (AvgIpc) is 2.73. The van der Waals surface area contributed by atoms with Crippen molar-refractivity contribution in [3.63, 3.8) is 0 Å². The molecule has 5 nitrogen and oxygen atoms in total. The second-order valence-corrected chi connectivity index (χ2v) is 9.03. The molecule has 0 radical (unpaired) electrons. The van der Waals surface area contributed by atoms with E-state index >= 15 is 0 Å². The highest BCUT2D eigenvalue weighted by Gasteiger charge is 2.73. The van der Waals surface area contributed by atoms with E-state index in [9.17, 15) is 31.1 Å². The van der Waals surface area contributed by atoms with E-state index in [0.717, 1.165) is 23.1 Å². The van der Waals surface area contributed by atoms with Crippen molar-refractivity contribution >= 4 is 11.6 Å². The number of carbonyl (C=O) groups excluding carboxylic acids is 1. The van der Waals surface area contributed by atoms with Crippen molar-refractivity contribution in [2.75, 3.05) is 18.7 Å². The predicted molar refractivity (Wildman–Crippen MR) is 123 cm³/mol. The maximum Gasteiger partial charge on any atom is 0.430 e. The first kappa shape index (κ1) is 29.6. The molecule has 0 aliphatic carbocycles. The summed E-state index contributed by atoms with van der Waals surface area (Å²) in [6.07, 6.45) is -10.5. The first-order valence-electron chi connectivity index (χ1n) is 11.2. The standard InChI is InChI=1S/C25H30F6N2O3/c1-15(2)12-18-13-19(9-10-21(18)23(35-6,24(26,27)28)25(29,30)31)33(14-36-16(3)4)22(34)20-8-7-11-32-17(20)5/h7-11,13,15-16H,12,14H2,1-6H3. The van der Waals surface area contributed by atoms with Crippen LogP contribution in [0.3, 0.4) is 0 Å². The fraction of sp³-hybridized carbons (Fsp3) is 0.520. The molecule has 0 saturated heterocycles. The fourth-order valence-electron chi connectivity index (χ4n) is 3.84. The summed E-state index contributed by atoms with van der Waals surface area (Å²) in [7, 11) is 0.380. The lowest BCUT2D eigenvalue weighted by atomic mass is 9.84. The quantitative estimate of drug-likeness (QED) is 0.277. The number of amides is 1. The molecule has 0 bridgehead atoms. The highest BCUT2D eigenvalue weighted by atomic mass is 19.4. The van der Waals surface area contributed by atoms with Gasteiger partial charge in [-0.25, -0.2) is 0 Å². The van der Waals surface area contributed by atoms with E-state index in [4.69, 9.17) is 4.74 Å². The minimum atomic E-state index is -5.80. The number of pyridine rings is 1. The van der Waals surface area contributed by atoms with Crippen molar-refractivity contribution < 1.29 is 40.6 Å². The molecule has 36 heavy (non-hydrogen) atoms. The molecule has 0 unspecified atom stereocenters. The Morgan fingerprint density at radius 3 is 2.11 bits per heavy atom. The highest BCUT2D eigenvalue weighted by Crippen LogP contribution is 2.54. The summed E-state index contributed by atoms with van der Waals surface area (Å²) < 4.78 is 93.8. The number of hydrogen-bond donors (Lipinski definition) is 0. The van der Waals surface area contributed by atoms with E-state index in [0.29, 0.717) is 12.8 Å². The number of rotatable bonds is 9.